The Kier molecular flexibility index (Phi) is 6.31. The first kappa shape index (κ1) is 18.1. The summed E-state index contributed by atoms with van der Waals surface area (Å²) in [5.74, 6) is 0. The maximum absolute atomic E-state index is 12.9. The second kappa shape index (κ2) is 7.33. The number of nitrogen functional groups attached to an aromatic ring is 1. The van der Waals surface area contributed by atoms with Gasteiger partial charge in [-0.25, -0.2) is 0 Å². The van der Waals surface area contributed by atoms with Crippen LogP contribution in [0.3, 0.4) is 0 Å². The molecular weight excluding hydrogens is 305 g/mol. The van der Waals surface area contributed by atoms with Crippen molar-refractivity contribution in [2.75, 3.05) is 12.3 Å². The third-order valence-corrected chi connectivity index (χ3v) is 3.54. The van der Waals surface area contributed by atoms with Crippen LogP contribution in [0.25, 0.3) is 0 Å². The molecule has 2 atom stereocenters. The second-order valence-electron chi connectivity index (χ2n) is 5.08. The number of nitrogens with one attached hydrogen (secondary N) is 1. The van der Waals surface area contributed by atoms with Gasteiger partial charge in [-0.3, -0.25) is 0 Å². The van der Waals surface area contributed by atoms with Gasteiger partial charge in [0.25, 0.3) is 0 Å². The third kappa shape index (κ3) is 5.05. The molecule has 0 amide bonds. The lowest BCUT2D eigenvalue weighted by Gasteiger charge is -2.19. The van der Waals surface area contributed by atoms with Crippen molar-refractivity contribution in [2.45, 2.75) is 45.0 Å². The molecule has 21 heavy (non-hydrogen) atoms. The third-order valence-electron chi connectivity index (χ3n) is 3.22. The van der Waals surface area contributed by atoms with Gasteiger partial charge in [0.15, 0.2) is 0 Å². The van der Waals surface area contributed by atoms with Crippen molar-refractivity contribution >= 4 is 17.3 Å². The van der Waals surface area contributed by atoms with Crippen LogP contribution in [0.4, 0.5) is 18.9 Å². The van der Waals surface area contributed by atoms with Crippen LogP contribution in [0.2, 0.25) is 5.02 Å². The molecule has 3 nitrogen and oxygen atoms in total. The summed E-state index contributed by atoms with van der Waals surface area (Å²) in [7, 11) is 0. The number of hydrogen-bond acceptors (Lipinski definition) is 3. The van der Waals surface area contributed by atoms with Crippen LogP contribution in [0, 0.1) is 0 Å². The monoisotopic (exact) mass is 324 g/mol. The summed E-state index contributed by atoms with van der Waals surface area (Å²) in [5.41, 5.74) is 3.90. The van der Waals surface area contributed by atoms with Gasteiger partial charge in [0.1, 0.15) is 0 Å². The number of nitrogens with two attached hydrogens (primary N) is 1. The zero-order chi connectivity index (χ0) is 16.2. The predicted octanol–water partition coefficient (Wildman–Crippen LogP) is 3.75. The van der Waals surface area contributed by atoms with Gasteiger partial charge >= 0.3 is 6.18 Å². The zero-order valence-corrected chi connectivity index (χ0v) is 12.7. The molecule has 1 aromatic carbocycles. The summed E-state index contributed by atoms with van der Waals surface area (Å²) in [6.45, 7) is 4.13. The number of alkyl halides is 3. The maximum Gasteiger partial charge on any atom is 0.418 e. The lowest BCUT2D eigenvalue weighted by Crippen LogP contribution is -2.30. The smallest absolute Gasteiger partial charge is 0.397 e. The molecule has 0 spiro atoms. The van der Waals surface area contributed by atoms with E-state index < -0.39 is 23.5 Å². The number of hydrogen-bond donors (Lipinski definition) is 3. The Hall–Kier alpha value is -0.980. The normalized spacial score (nSPS) is 15.0. The standard InChI is InChI=1S/C14H20ClF3N2O/c1-3-4-8(2)20-7-12(21)9-5-10(14(16,17)18)13(19)11(15)6-9/h5-6,8,12,20-21H,3-4,7,19H2,1-2H3. The van der Waals surface area contributed by atoms with E-state index in [9.17, 15) is 18.3 Å². The summed E-state index contributed by atoms with van der Waals surface area (Å²) in [6, 6.07) is 2.29. The molecule has 120 valence electrons. The van der Waals surface area contributed by atoms with Crippen molar-refractivity contribution < 1.29 is 18.3 Å². The summed E-state index contributed by atoms with van der Waals surface area (Å²) in [5, 5.41) is 12.9. The van der Waals surface area contributed by atoms with Crippen molar-refractivity contribution in [3.05, 3.63) is 28.3 Å². The van der Waals surface area contributed by atoms with Crippen LogP contribution in [-0.2, 0) is 6.18 Å². The van der Waals surface area contributed by atoms with Gasteiger partial charge in [0, 0.05) is 12.6 Å². The summed E-state index contributed by atoms with van der Waals surface area (Å²) >= 11 is 5.73. The molecule has 0 aliphatic heterocycles. The number of aliphatic hydroxyl groups is 1. The molecule has 0 saturated heterocycles. The first-order valence-corrected chi connectivity index (χ1v) is 7.12. The minimum Gasteiger partial charge on any atom is -0.397 e. The van der Waals surface area contributed by atoms with Gasteiger partial charge in [-0.05, 0) is 31.0 Å². The highest BCUT2D eigenvalue weighted by Gasteiger charge is 2.34. The van der Waals surface area contributed by atoms with Gasteiger partial charge in [-0.15, -0.1) is 0 Å². The Morgan fingerprint density at radius 3 is 2.52 bits per heavy atom. The van der Waals surface area contributed by atoms with E-state index in [-0.39, 0.29) is 23.2 Å². The fourth-order valence-electron chi connectivity index (χ4n) is 2.03. The Bertz CT molecular complexity index is 480. The van der Waals surface area contributed by atoms with Gasteiger partial charge in [0.2, 0.25) is 0 Å². The van der Waals surface area contributed by atoms with Crippen molar-refractivity contribution in [1.82, 2.24) is 5.32 Å². The maximum atomic E-state index is 12.9. The molecule has 4 N–H and O–H groups in total. The average Bonchev–Trinajstić information content (AvgIpc) is 2.38. The quantitative estimate of drug-likeness (QED) is 0.698. The van der Waals surface area contributed by atoms with Crippen molar-refractivity contribution in [3.8, 4) is 0 Å². The number of benzene rings is 1. The van der Waals surface area contributed by atoms with Gasteiger partial charge in [0.05, 0.1) is 22.4 Å². The summed E-state index contributed by atoms with van der Waals surface area (Å²) < 4.78 is 38.6. The minimum absolute atomic E-state index is 0.0951. The molecule has 0 bridgehead atoms. The fraction of sp³-hybridized carbons (Fsp3) is 0.571. The molecule has 1 rings (SSSR count). The first-order valence-electron chi connectivity index (χ1n) is 6.74. The molecule has 0 radical (unpaired) electrons. The van der Waals surface area contributed by atoms with Crippen LogP contribution in [0.15, 0.2) is 12.1 Å². The van der Waals surface area contributed by atoms with Crippen LogP contribution in [0.1, 0.15) is 43.9 Å². The largest absolute Gasteiger partial charge is 0.418 e. The van der Waals surface area contributed by atoms with E-state index >= 15 is 0 Å². The average molecular weight is 325 g/mol. The van der Waals surface area contributed by atoms with E-state index in [1.807, 2.05) is 13.8 Å². The van der Waals surface area contributed by atoms with E-state index in [1.54, 1.807) is 0 Å². The SMILES string of the molecule is CCCC(C)NCC(O)c1cc(Cl)c(N)c(C(F)(F)F)c1. The van der Waals surface area contributed by atoms with E-state index in [4.69, 9.17) is 17.3 Å². The molecule has 0 aromatic heterocycles. The molecule has 0 saturated carbocycles. The molecule has 2 unspecified atom stereocenters. The van der Waals surface area contributed by atoms with E-state index in [1.165, 1.54) is 6.07 Å². The van der Waals surface area contributed by atoms with Crippen molar-refractivity contribution in [1.29, 1.82) is 0 Å². The number of anilines is 1. The molecule has 0 heterocycles. The van der Waals surface area contributed by atoms with Gasteiger partial charge < -0.3 is 16.2 Å². The molecule has 0 aliphatic carbocycles. The predicted molar refractivity (Wildman–Crippen MR) is 78.2 cm³/mol. The molecule has 7 heteroatoms. The zero-order valence-electron chi connectivity index (χ0n) is 12.0. The van der Waals surface area contributed by atoms with Crippen molar-refractivity contribution in [2.24, 2.45) is 0 Å². The van der Waals surface area contributed by atoms with Crippen LogP contribution < -0.4 is 11.1 Å². The summed E-state index contributed by atoms with van der Waals surface area (Å²) in [6.07, 6.45) is -3.78. The van der Waals surface area contributed by atoms with Crippen LogP contribution in [0.5, 0.6) is 0 Å². The lowest BCUT2D eigenvalue weighted by molar-refractivity contribution is -0.137. The highest BCUT2D eigenvalue weighted by Crippen LogP contribution is 2.38. The number of rotatable bonds is 6. The Labute approximate surface area is 127 Å². The second-order valence-corrected chi connectivity index (χ2v) is 5.48. The Balaban J connectivity index is 2.90. The molecular formula is C14H20ClF3N2O. The lowest BCUT2D eigenvalue weighted by atomic mass is 10.0. The van der Waals surface area contributed by atoms with E-state index in [0.29, 0.717) is 0 Å². The highest BCUT2D eigenvalue weighted by atomic mass is 35.5. The van der Waals surface area contributed by atoms with Crippen LogP contribution in [-0.4, -0.2) is 17.7 Å². The topological polar surface area (TPSA) is 58.3 Å². The molecule has 0 aliphatic rings. The number of aliphatic hydroxyl groups excluding tert-OH is 1. The highest BCUT2D eigenvalue weighted by molar-refractivity contribution is 6.33. The first-order chi connectivity index (χ1) is 9.66. The minimum atomic E-state index is -4.60. The van der Waals surface area contributed by atoms with Gasteiger partial charge in [-0.1, -0.05) is 24.9 Å². The Morgan fingerprint density at radius 1 is 1.38 bits per heavy atom. The summed E-state index contributed by atoms with van der Waals surface area (Å²) in [4.78, 5) is 0. The van der Waals surface area contributed by atoms with E-state index in [0.717, 1.165) is 18.9 Å². The van der Waals surface area contributed by atoms with Crippen LogP contribution >= 0.6 is 11.6 Å². The number of halogens is 4. The Morgan fingerprint density at radius 2 is 2.00 bits per heavy atom. The van der Waals surface area contributed by atoms with Gasteiger partial charge in [-0.2, -0.15) is 13.2 Å². The fourth-order valence-corrected chi connectivity index (χ4v) is 2.26. The molecule has 0 fully saturated rings. The van der Waals surface area contributed by atoms with Crippen molar-refractivity contribution in [3.63, 3.8) is 0 Å². The van der Waals surface area contributed by atoms with E-state index in [2.05, 4.69) is 5.32 Å². The molecule has 1 aromatic rings.